The molecular weight excluding hydrogens is 825 g/mol. The molecule has 1 aliphatic carbocycles. The molecule has 3 N–H and O–H groups in total. The molecule has 60 heavy (non-hydrogen) atoms. The van der Waals surface area contributed by atoms with E-state index in [9.17, 15) is 51.6 Å². The number of hydrogen-bond donors (Lipinski definition) is 3. The van der Waals surface area contributed by atoms with Crippen LogP contribution >= 0.6 is 0 Å². The maximum atomic E-state index is 11.8. The number of nitrogens with zero attached hydrogens (tertiary/aromatic N) is 7. The first-order valence-electron chi connectivity index (χ1n) is 17.4. The van der Waals surface area contributed by atoms with E-state index in [2.05, 4.69) is 25.1 Å². The Balaban J connectivity index is 2.13. The molecule has 19 heteroatoms. The van der Waals surface area contributed by atoms with Gasteiger partial charge < -0.3 is 4.90 Å². The highest BCUT2D eigenvalue weighted by Gasteiger charge is 2.23. The zero-order chi connectivity index (χ0) is 44.7. The number of allylic oxidation sites excluding steroid dienone is 13. The van der Waals surface area contributed by atoms with Crippen LogP contribution in [-0.2, 0) is 30.1 Å². The summed E-state index contributed by atoms with van der Waals surface area (Å²) in [6.07, 6.45) is 13.6. The lowest BCUT2D eigenvalue weighted by atomic mass is 9.90. The molecule has 0 aromatic heterocycles. The van der Waals surface area contributed by atoms with E-state index in [1.54, 1.807) is 31.4 Å². The topological polar surface area (TPSA) is 265 Å². The molecule has 0 bridgehead atoms. The first-order valence-corrected chi connectivity index (χ1v) is 23.1. The predicted octanol–water partition coefficient (Wildman–Crippen LogP) is 5.24. The Bertz CT molecular complexity index is 2800. The predicted molar refractivity (Wildman–Crippen MR) is 228 cm³/mol. The van der Waals surface area contributed by atoms with Gasteiger partial charge in [0.15, 0.2) is 5.92 Å². The summed E-state index contributed by atoms with van der Waals surface area (Å²) in [4.78, 5) is 5.14. The van der Waals surface area contributed by atoms with Gasteiger partial charge in [-0.2, -0.15) is 21.0 Å². The van der Waals surface area contributed by atoms with Crippen LogP contribution in [0, 0.1) is 69.1 Å². The number of nitriles is 5. The van der Waals surface area contributed by atoms with Crippen LogP contribution in [0.25, 0.3) is 16.0 Å². The normalized spacial score (nSPS) is 15.0. The number of benzene rings is 2. The van der Waals surface area contributed by atoms with E-state index in [1.165, 1.54) is 60.7 Å². The molecule has 0 radical (unpaired) electrons. The van der Waals surface area contributed by atoms with Crippen molar-refractivity contribution in [2.45, 2.75) is 12.8 Å². The van der Waals surface area contributed by atoms with Crippen molar-refractivity contribution in [2.75, 3.05) is 48.3 Å². The second kappa shape index (κ2) is 21.0. The van der Waals surface area contributed by atoms with E-state index in [0.29, 0.717) is 29.7 Å². The third-order valence-electron chi connectivity index (χ3n) is 8.36. The van der Waals surface area contributed by atoms with Gasteiger partial charge in [-0.1, -0.05) is 48.6 Å². The molecule has 0 atom stereocenters. The molecule has 0 unspecified atom stereocenters. The van der Waals surface area contributed by atoms with Crippen molar-refractivity contribution in [3.05, 3.63) is 141 Å². The molecule has 1 aliphatic rings. The molecule has 2 aromatic rings. The summed E-state index contributed by atoms with van der Waals surface area (Å²) in [7, 11) is -8.88. The molecule has 0 aliphatic heterocycles. The number of nitrogens with one attached hydrogen (secondary N) is 3. The summed E-state index contributed by atoms with van der Waals surface area (Å²) >= 11 is 0. The van der Waals surface area contributed by atoms with Crippen molar-refractivity contribution in [2.24, 2.45) is 5.92 Å². The summed E-state index contributed by atoms with van der Waals surface area (Å²) < 4.78 is 77.4. The van der Waals surface area contributed by atoms with Crippen LogP contribution < -0.4 is 14.2 Å². The molecule has 0 fully saturated rings. The van der Waals surface area contributed by atoms with E-state index in [4.69, 9.17) is 6.57 Å². The zero-order valence-corrected chi connectivity index (χ0v) is 35.2. The fraction of sp³-hybridized carbons (Fsp3) is 0.220. The number of sulfonamides is 3. The van der Waals surface area contributed by atoms with Gasteiger partial charge in [-0.15, -0.1) is 0 Å². The van der Waals surface area contributed by atoms with E-state index in [0.717, 1.165) is 29.9 Å². The Morgan fingerprint density at radius 3 is 1.83 bits per heavy atom. The smallest absolute Gasteiger partial charge is 0.270 e. The number of rotatable bonds is 17. The van der Waals surface area contributed by atoms with Crippen molar-refractivity contribution in [1.82, 2.24) is 9.62 Å². The minimum Gasteiger partial charge on any atom is -0.373 e. The van der Waals surface area contributed by atoms with Crippen LogP contribution in [0.3, 0.4) is 0 Å². The van der Waals surface area contributed by atoms with Crippen molar-refractivity contribution in [1.29, 1.82) is 26.3 Å². The van der Waals surface area contributed by atoms with Crippen molar-refractivity contribution >= 4 is 52.6 Å². The fourth-order valence-electron chi connectivity index (χ4n) is 5.97. The third-order valence-corrected chi connectivity index (χ3v) is 10.3. The lowest BCUT2D eigenvalue weighted by molar-refractivity contribution is 0.427. The average Bonchev–Trinajstić information content (AvgIpc) is 3.58. The highest BCUT2D eigenvalue weighted by atomic mass is 32.2. The van der Waals surface area contributed by atoms with Crippen LogP contribution in [0.5, 0.6) is 0 Å². The van der Waals surface area contributed by atoms with Gasteiger partial charge in [-0.05, 0) is 71.5 Å². The van der Waals surface area contributed by atoms with Crippen LogP contribution in [0.2, 0.25) is 0 Å². The summed E-state index contributed by atoms with van der Waals surface area (Å²) in [5, 5.41) is 49.7. The second-order valence-corrected chi connectivity index (χ2v) is 18.4. The minimum atomic E-state index is -3.57. The molecule has 16 nitrogen and oxygen atoms in total. The van der Waals surface area contributed by atoms with Crippen LogP contribution in [0.4, 0.5) is 11.4 Å². The molecule has 306 valence electrons. The van der Waals surface area contributed by atoms with Gasteiger partial charge in [0, 0.05) is 48.4 Å². The van der Waals surface area contributed by atoms with Gasteiger partial charge >= 0.3 is 0 Å². The van der Waals surface area contributed by atoms with E-state index >= 15 is 0 Å². The van der Waals surface area contributed by atoms with Gasteiger partial charge in [-0.3, -0.25) is 9.44 Å². The summed E-state index contributed by atoms with van der Waals surface area (Å²) in [6, 6.07) is 21.4. The lowest BCUT2D eigenvalue weighted by Crippen LogP contribution is -2.32. The summed E-state index contributed by atoms with van der Waals surface area (Å²) in [5.74, 6) is -1.34. The quantitative estimate of drug-likeness (QED) is 0.105. The van der Waals surface area contributed by atoms with Crippen molar-refractivity contribution in [3.63, 3.8) is 0 Å². The fourth-order valence-corrected chi connectivity index (χ4v) is 7.56. The largest absolute Gasteiger partial charge is 0.373 e. The highest BCUT2D eigenvalue weighted by molar-refractivity contribution is 7.92. The summed E-state index contributed by atoms with van der Waals surface area (Å²) in [5.41, 5.74) is 3.23. The van der Waals surface area contributed by atoms with Crippen LogP contribution in [0.15, 0.2) is 119 Å². The van der Waals surface area contributed by atoms with E-state index in [1.807, 2.05) is 29.2 Å². The van der Waals surface area contributed by atoms with Crippen molar-refractivity contribution < 1.29 is 25.3 Å². The molecule has 0 saturated carbocycles. The van der Waals surface area contributed by atoms with Gasteiger partial charge in [0.1, 0.15) is 0 Å². The van der Waals surface area contributed by atoms with E-state index < -0.39 is 36.0 Å². The Morgan fingerprint density at radius 1 is 0.800 bits per heavy atom. The lowest BCUT2D eigenvalue weighted by Gasteiger charge is -2.23. The molecule has 0 saturated heterocycles. The Morgan fingerprint density at radius 2 is 1.37 bits per heavy atom. The van der Waals surface area contributed by atoms with E-state index in [-0.39, 0.29) is 52.5 Å². The van der Waals surface area contributed by atoms with Gasteiger partial charge in [0.05, 0.1) is 66.8 Å². The molecule has 2 aromatic carbocycles. The monoisotopic (exact) mass is 862 g/mol. The number of anilines is 2. The molecule has 3 rings (SSSR count). The van der Waals surface area contributed by atoms with Crippen LogP contribution in [0.1, 0.15) is 24.0 Å². The minimum absolute atomic E-state index is 0.00797. The van der Waals surface area contributed by atoms with Crippen LogP contribution in [-0.4, -0.2) is 69.1 Å². The maximum absolute atomic E-state index is 11.8. The molecule has 0 amide bonds. The highest BCUT2D eigenvalue weighted by Crippen LogP contribution is 2.35. The summed E-state index contributed by atoms with van der Waals surface area (Å²) in [6.45, 7) is 7.89. The molecule has 0 spiro atoms. The zero-order valence-electron chi connectivity index (χ0n) is 32.8. The first-order chi connectivity index (χ1) is 28.3. The van der Waals surface area contributed by atoms with Crippen molar-refractivity contribution in [3.8, 4) is 30.3 Å². The average molecular weight is 863 g/mol. The SMILES string of the molecule is [C-]#[N+]/C(C#N)=C(/C(C#N)=C/C=C/C1=C(N(C)CCNS(C)(=O)=O)C(=C/C=C/C(C#N)=C(\c2ccc(NS(C)(=O)=O)cc2)C(C#N)C#N)CC1)c1ccc(NS(C)(=O)=O)cc1. The molecule has 0 heterocycles. The first kappa shape index (κ1) is 47.1. The second-order valence-electron chi connectivity index (χ2n) is 13.0. The Kier molecular flexibility index (Phi) is 16.5. The number of likely N-dealkylation sites (N-methyl/N-ethyl adjacent to an activating group) is 1. The van der Waals surface area contributed by atoms with Gasteiger partial charge in [-0.25, -0.2) is 40.1 Å². The molecular formula is C41H38N10O6S3. The standard InChI is InChI=1S/C41H38N10O6S3/c1-47-38(28-46)40(30-16-20-37(21-17-30)50-60(5,56)57)34(25-43)11-7-9-32-13-12-31(41(32)51(2)23-22-48-58(3,52)53)8-6-10-33(24-42)39(35(26-44)27-45)29-14-18-36(19-15-29)49-59(4,54)55/h6-11,14-21,35,48-50H,12-13,22-23H2,2-5H3/b9-7+,10-6+,31-8?,34-11+,39-33-,40-38+. The van der Waals surface area contributed by atoms with Gasteiger partial charge in [0.25, 0.3) is 5.70 Å². The number of hydrogen-bond acceptors (Lipinski definition) is 12. The Labute approximate surface area is 350 Å². The Hall–Kier alpha value is -7.23. The van der Waals surface area contributed by atoms with Gasteiger partial charge in [0.2, 0.25) is 30.1 Å². The maximum Gasteiger partial charge on any atom is 0.270 e. The third kappa shape index (κ3) is 14.0.